The predicted molar refractivity (Wildman–Crippen MR) is 62.6 cm³/mol. The number of halogens is 1. The van der Waals surface area contributed by atoms with E-state index in [4.69, 9.17) is 16.3 Å². The highest BCUT2D eigenvalue weighted by Crippen LogP contribution is 2.27. The quantitative estimate of drug-likeness (QED) is 0.893. The second-order valence-electron chi connectivity index (χ2n) is 3.65. The number of ether oxygens (including phenoxy) is 1. The van der Waals surface area contributed by atoms with Crippen molar-refractivity contribution in [3.05, 3.63) is 29.5 Å². The molecule has 0 bridgehead atoms. The summed E-state index contributed by atoms with van der Waals surface area (Å²) >= 11 is 6.07. The summed E-state index contributed by atoms with van der Waals surface area (Å²) < 4.78 is 5.45. The number of hydrogen-bond acceptors (Lipinski definition) is 3. The Morgan fingerprint density at radius 1 is 1.44 bits per heavy atom. The first-order valence-corrected chi connectivity index (χ1v) is 5.36. The molecule has 2 heterocycles. The third-order valence-corrected chi connectivity index (χ3v) is 2.24. The minimum atomic E-state index is 0.0583. The van der Waals surface area contributed by atoms with Crippen molar-refractivity contribution in [3.63, 3.8) is 0 Å². The number of pyridine rings is 1. The van der Waals surface area contributed by atoms with Gasteiger partial charge in [-0.1, -0.05) is 11.6 Å². The fourth-order valence-electron chi connectivity index (χ4n) is 1.30. The molecule has 0 spiro atoms. The Morgan fingerprint density at radius 2 is 2.25 bits per heavy atom. The van der Waals surface area contributed by atoms with E-state index in [1.54, 1.807) is 18.5 Å². The molecule has 0 aromatic carbocycles. The van der Waals surface area contributed by atoms with Crippen molar-refractivity contribution in [2.45, 2.75) is 20.0 Å². The number of nitrogens with zero attached hydrogens (tertiary/aromatic N) is 2. The number of nitrogens with one attached hydrogen (secondary N) is 1. The highest BCUT2D eigenvalue weighted by Gasteiger charge is 2.08. The highest BCUT2D eigenvalue weighted by molar-refractivity contribution is 6.32. The molecule has 5 heteroatoms. The molecule has 2 aromatic rings. The lowest BCUT2D eigenvalue weighted by Crippen LogP contribution is -2.07. The Balaban J connectivity index is 2.29. The molecule has 0 aliphatic rings. The van der Waals surface area contributed by atoms with E-state index in [9.17, 15) is 0 Å². The number of H-pyrrole nitrogens is 1. The normalized spacial score (nSPS) is 10.8. The lowest BCUT2D eigenvalue weighted by atomic mass is 10.2. The molecule has 16 heavy (non-hydrogen) atoms. The first-order valence-electron chi connectivity index (χ1n) is 4.99. The van der Waals surface area contributed by atoms with Gasteiger partial charge in [0, 0.05) is 18.0 Å². The SMILES string of the molecule is CC(C)Oc1ncc(-c2ccn[nH]2)cc1Cl. The Bertz CT molecular complexity index is 468. The lowest BCUT2D eigenvalue weighted by molar-refractivity contribution is 0.233. The third kappa shape index (κ3) is 2.33. The minimum absolute atomic E-state index is 0.0583. The van der Waals surface area contributed by atoms with E-state index in [2.05, 4.69) is 15.2 Å². The number of aromatic amines is 1. The summed E-state index contributed by atoms with van der Waals surface area (Å²) in [5.74, 6) is 0.458. The first kappa shape index (κ1) is 11.0. The molecule has 0 radical (unpaired) electrons. The maximum atomic E-state index is 6.07. The highest BCUT2D eigenvalue weighted by atomic mass is 35.5. The predicted octanol–water partition coefficient (Wildman–Crippen LogP) is 2.91. The van der Waals surface area contributed by atoms with Gasteiger partial charge in [-0.05, 0) is 26.0 Å². The lowest BCUT2D eigenvalue weighted by Gasteiger charge is -2.10. The molecule has 0 atom stereocenters. The summed E-state index contributed by atoms with van der Waals surface area (Å²) in [6.07, 6.45) is 3.45. The Kier molecular flexibility index (Phi) is 3.10. The summed E-state index contributed by atoms with van der Waals surface area (Å²) in [4.78, 5) is 4.17. The van der Waals surface area contributed by atoms with Gasteiger partial charge in [0.1, 0.15) is 5.02 Å². The van der Waals surface area contributed by atoms with Crippen molar-refractivity contribution in [1.29, 1.82) is 0 Å². The van der Waals surface area contributed by atoms with E-state index < -0.39 is 0 Å². The molecule has 1 N–H and O–H groups in total. The molecule has 0 unspecified atom stereocenters. The van der Waals surface area contributed by atoms with Crippen molar-refractivity contribution in [2.24, 2.45) is 0 Å². The van der Waals surface area contributed by atoms with Gasteiger partial charge in [-0.25, -0.2) is 4.98 Å². The molecule has 2 aromatic heterocycles. The Labute approximate surface area is 98.6 Å². The number of hydrogen-bond donors (Lipinski definition) is 1. The van der Waals surface area contributed by atoms with Crippen LogP contribution in [0.5, 0.6) is 5.88 Å². The molecule has 0 amide bonds. The Hall–Kier alpha value is -1.55. The zero-order valence-corrected chi connectivity index (χ0v) is 9.82. The zero-order valence-electron chi connectivity index (χ0n) is 9.07. The van der Waals surface area contributed by atoms with E-state index in [0.717, 1.165) is 11.3 Å². The van der Waals surface area contributed by atoms with Gasteiger partial charge < -0.3 is 4.74 Å². The fourth-order valence-corrected chi connectivity index (χ4v) is 1.51. The number of rotatable bonds is 3. The van der Waals surface area contributed by atoms with Crippen LogP contribution >= 0.6 is 11.6 Å². The summed E-state index contributed by atoms with van der Waals surface area (Å²) in [6, 6.07) is 3.66. The van der Waals surface area contributed by atoms with Gasteiger partial charge in [-0.3, -0.25) is 5.10 Å². The van der Waals surface area contributed by atoms with Crippen LogP contribution in [0.1, 0.15) is 13.8 Å². The summed E-state index contributed by atoms with van der Waals surface area (Å²) in [5, 5.41) is 7.22. The molecular formula is C11H12ClN3O. The van der Waals surface area contributed by atoms with Gasteiger partial charge in [0.2, 0.25) is 5.88 Å². The summed E-state index contributed by atoms with van der Waals surface area (Å²) in [5.41, 5.74) is 1.77. The maximum Gasteiger partial charge on any atom is 0.232 e. The second kappa shape index (κ2) is 4.53. The van der Waals surface area contributed by atoms with Gasteiger partial charge in [0.25, 0.3) is 0 Å². The van der Waals surface area contributed by atoms with Crippen LogP contribution in [-0.2, 0) is 0 Å². The molecule has 84 valence electrons. The van der Waals surface area contributed by atoms with Crippen LogP contribution in [0.3, 0.4) is 0 Å². The summed E-state index contributed by atoms with van der Waals surface area (Å²) in [7, 11) is 0. The van der Waals surface area contributed by atoms with Crippen LogP contribution in [0, 0.1) is 0 Å². The molecule has 2 rings (SSSR count). The second-order valence-corrected chi connectivity index (χ2v) is 4.06. The molecule has 0 saturated carbocycles. The van der Waals surface area contributed by atoms with E-state index in [0.29, 0.717) is 10.9 Å². The van der Waals surface area contributed by atoms with Crippen LogP contribution < -0.4 is 4.74 Å². The fraction of sp³-hybridized carbons (Fsp3) is 0.273. The van der Waals surface area contributed by atoms with Crippen molar-refractivity contribution in [1.82, 2.24) is 15.2 Å². The third-order valence-electron chi connectivity index (χ3n) is 1.97. The van der Waals surface area contributed by atoms with Gasteiger partial charge in [0.05, 0.1) is 11.8 Å². The molecule has 0 saturated heterocycles. The standard InChI is InChI=1S/C11H12ClN3O/c1-7(2)16-11-9(12)5-8(6-13-11)10-3-4-14-15-10/h3-7H,1-2H3,(H,14,15). The van der Waals surface area contributed by atoms with Crippen LogP contribution in [0.2, 0.25) is 5.02 Å². The van der Waals surface area contributed by atoms with Crippen LogP contribution in [-0.4, -0.2) is 21.3 Å². The van der Waals surface area contributed by atoms with E-state index in [-0.39, 0.29) is 6.10 Å². The average Bonchev–Trinajstić information content (AvgIpc) is 2.73. The smallest absolute Gasteiger partial charge is 0.232 e. The van der Waals surface area contributed by atoms with Crippen molar-refractivity contribution < 1.29 is 4.74 Å². The van der Waals surface area contributed by atoms with Gasteiger partial charge >= 0.3 is 0 Å². The van der Waals surface area contributed by atoms with Crippen LogP contribution in [0.25, 0.3) is 11.3 Å². The summed E-state index contributed by atoms with van der Waals surface area (Å²) in [6.45, 7) is 3.86. The zero-order chi connectivity index (χ0) is 11.5. The van der Waals surface area contributed by atoms with Gasteiger partial charge in [-0.2, -0.15) is 5.10 Å². The molecule has 4 nitrogen and oxygen atoms in total. The van der Waals surface area contributed by atoms with Crippen LogP contribution in [0.15, 0.2) is 24.5 Å². The Morgan fingerprint density at radius 3 is 2.81 bits per heavy atom. The largest absolute Gasteiger partial charge is 0.474 e. The van der Waals surface area contributed by atoms with Crippen molar-refractivity contribution in [2.75, 3.05) is 0 Å². The first-order chi connectivity index (χ1) is 7.66. The molecule has 0 aliphatic heterocycles. The number of aromatic nitrogens is 3. The maximum absolute atomic E-state index is 6.07. The molecule has 0 aliphatic carbocycles. The van der Waals surface area contributed by atoms with E-state index in [1.165, 1.54) is 0 Å². The van der Waals surface area contributed by atoms with Crippen molar-refractivity contribution in [3.8, 4) is 17.1 Å². The topological polar surface area (TPSA) is 50.8 Å². The average molecular weight is 238 g/mol. The molecule has 0 fully saturated rings. The van der Waals surface area contributed by atoms with E-state index in [1.807, 2.05) is 19.9 Å². The van der Waals surface area contributed by atoms with Gasteiger partial charge in [-0.15, -0.1) is 0 Å². The van der Waals surface area contributed by atoms with Crippen LogP contribution in [0.4, 0.5) is 0 Å². The molecular weight excluding hydrogens is 226 g/mol. The monoisotopic (exact) mass is 237 g/mol. The van der Waals surface area contributed by atoms with Crippen molar-refractivity contribution >= 4 is 11.6 Å². The minimum Gasteiger partial charge on any atom is -0.474 e. The van der Waals surface area contributed by atoms with Gasteiger partial charge in [0.15, 0.2) is 0 Å². The van der Waals surface area contributed by atoms with E-state index >= 15 is 0 Å².